The number of nitrogens with zero attached hydrogens (tertiary/aromatic N) is 2. The topological polar surface area (TPSA) is 29.9 Å². The molecule has 0 aromatic carbocycles. The van der Waals surface area contributed by atoms with Crippen LogP contribution in [0.2, 0.25) is 0 Å². The molecule has 1 aliphatic rings. The second kappa shape index (κ2) is 3.39. The Morgan fingerprint density at radius 2 is 2.29 bits per heavy atom. The molecular weight excluding hydrogens is 174 g/mol. The molecule has 3 heteroatoms. The molecule has 0 radical (unpaired) electrons. The molecule has 1 heterocycles. The lowest BCUT2D eigenvalue weighted by atomic mass is 10.3. The predicted octanol–water partition coefficient (Wildman–Crippen LogP) is 2.11. The lowest BCUT2D eigenvalue weighted by Crippen LogP contribution is -2.27. The molecule has 0 unspecified atom stereocenters. The third-order valence-electron chi connectivity index (χ3n) is 2.89. The van der Waals surface area contributed by atoms with E-state index in [1.807, 2.05) is 4.68 Å². The quantitative estimate of drug-likeness (QED) is 0.793. The zero-order valence-electron chi connectivity index (χ0n) is 9.25. The lowest BCUT2D eigenvalue weighted by molar-refractivity contribution is 0.501. The number of hydrogen-bond acceptors (Lipinski definition) is 2. The van der Waals surface area contributed by atoms with Crippen molar-refractivity contribution in [2.75, 3.05) is 0 Å². The van der Waals surface area contributed by atoms with Crippen molar-refractivity contribution < 1.29 is 0 Å². The van der Waals surface area contributed by atoms with Crippen LogP contribution in [-0.2, 0) is 6.54 Å². The molecule has 3 nitrogen and oxygen atoms in total. The number of rotatable bonds is 4. The highest BCUT2D eigenvalue weighted by Gasteiger charge is 2.36. The largest absolute Gasteiger partial charge is 0.306 e. The molecule has 1 aromatic heterocycles. The van der Waals surface area contributed by atoms with E-state index in [1.54, 1.807) is 0 Å². The Bertz CT molecular complexity index is 310. The van der Waals surface area contributed by atoms with Gasteiger partial charge in [0.15, 0.2) is 0 Å². The van der Waals surface area contributed by atoms with Crippen LogP contribution in [-0.4, -0.2) is 15.3 Å². The Morgan fingerprint density at radius 3 is 2.79 bits per heavy atom. The standard InChI is InChI=1S/C11H19N3/c1-9(2)14-7-4-10(13-14)8-12-11(3)5-6-11/h4,7,9,12H,5-6,8H2,1-3H3. The van der Waals surface area contributed by atoms with E-state index in [2.05, 4.69) is 43.4 Å². The van der Waals surface area contributed by atoms with Gasteiger partial charge in [0.1, 0.15) is 0 Å². The van der Waals surface area contributed by atoms with Gasteiger partial charge in [0.25, 0.3) is 0 Å². The van der Waals surface area contributed by atoms with E-state index in [9.17, 15) is 0 Å². The second-order valence-electron chi connectivity index (χ2n) is 4.80. The zero-order chi connectivity index (χ0) is 10.2. The highest BCUT2D eigenvalue weighted by atomic mass is 15.3. The van der Waals surface area contributed by atoms with Crippen molar-refractivity contribution in [1.82, 2.24) is 15.1 Å². The van der Waals surface area contributed by atoms with Gasteiger partial charge in [-0.2, -0.15) is 5.10 Å². The van der Waals surface area contributed by atoms with Crippen LogP contribution in [0, 0.1) is 0 Å². The Kier molecular flexibility index (Phi) is 2.35. The van der Waals surface area contributed by atoms with Crippen LogP contribution < -0.4 is 5.32 Å². The minimum atomic E-state index is 0.404. The van der Waals surface area contributed by atoms with Gasteiger partial charge in [-0.1, -0.05) is 0 Å². The summed E-state index contributed by atoms with van der Waals surface area (Å²) in [5.41, 5.74) is 1.55. The first-order valence-corrected chi connectivity index (χ1v) is 5.38. The van der Waals surface area contributed by atoms with Gasteiger partial charge in [-0.3, -0.25) is 4.68 Å². The summed E-state index contributed by atoms with van der Waals surface area (Å²) in [6, 6.07) is 2.55. The Hall–Kier alpha value is -0.830. The van der Waals surface area contributed by atoms with Crippen LogP contribution in [0.3, 0.4) is 0 Å². The fraction of sp³-hybridized carbons (Fsp3) is 0.727. The molecule has 1 aromatic rings. The van der Waals surface area contributed by atoms with Gasteiger partial charge in [0.05, 0.1) is 5.69 Å². The van der Waals surface area contributed by atoms with Crippen molar-refractivity contribution in [2.24, 2.45) is 0 Å². The average Bonchev–Trinajstić information content (AvgIpc) is 2.68. The van der Waals surface area contributed by atoms with E-state index in [1.165, 1.54) is 12.8 Å². The SMILES string of the molecule is CC(C)n1ccc(CNC2(C)CC2)n1. The van der Waals surface area contributed by atoms with Crippen LogP contribution in [0.5, 0.6) is 0 Å². The average molecular weight is 193 g/mol. The van der Waals surface area contributed by atoms with Gasteiger partial charge in [0.2, 0.25) is 0 Å². The zero-order valence-corrected chi connectivity index (χ0v) is 9.25. The molecule has 1 saturated carbocycles. The normalized spacial score (nSPS) is 18.9. The minimum Gasteiger partial charge on any atom is -0.306 e. The summed E-state index contributed by atoms with van der Waals surface area (Å²) < 4.78 is 2.01. The van der Waals surface area contributed by atoms with Gasteiger partial charge in [-0.25, -0.2) is 0 Å². The van der Waals surface area contributed by atoms with Crippen LogP contribution in [0.25, 0.3) is 0 Å². The molecule has 0 atom stereocenters. The van der Waals surface area contributed by atoms with Gasteiger partial charge in [-0.05, 0) is 39.7 Å². The third kappa shape index (κ3) is 2.15. The number of nitrogens with one attached hydrogen (secondary N) is 1. The molecule has 0 spiro atoms. The highest BCUT2D eigenvalue weighted by Crippen LogP contribution is 2.34. The van der Waals surface area contributed by atoms with E-state index in [0.717, 1.165) is 12.2 Å². The van der Waals surface area contributed by atoms with Crippen LogP contribution in [0.15, 0.2) is 12.3 Å². The third-order valence-corrected chi connectivity index (χ3v) is 2.89. The molecule has 1 aliphatic carbocycles. The summed E-state index contributed by atoms with van der Waals surface area (Å²) in [6.07, 6.45) is 4.66. The molecule has 14 heavy (non-hydrogen) atoms. The summed E-state index contributed by atoms with van der Waals surface area (Å²) in [6.45, 7) is 7.46. The van der Waals surface area contributed by atoms with Crippen molar-refractivity contribution in [1.29, 1.82) is 0 Å². The highest BCUT2D eigenvalue weighted by molar-refractivity contribution is 5.03. The fourth-order valence-corrected chi connectivity index (χ4v) is 1.43. The minimum absolute atomic E-state index is 0.404. The van der Waals surface area contributed by atoms with E-state index in [0.29, 0.717) is 11.6 Å². The summed E-state index contributed by atoms with van der Waals surface area (Å²) in [5.74, 6) is 0. The van der Waals surface area contributed by atoms with Crippen LogP contribution in [0.4, 0.5) is 0 Å². The number of hydrogen-bond donors (Lipinski definition) is 1. The van der Waals surface area contributed by atoms with Gasteiger partial charge in [-0.15, -0.1) is 0 Å². The molecule has 0 saturated heterocycles. The summed E-state index contributed by atoms with van der Waals surface area (Å²) in [5, 5.41) is 8.02. The van der Waals surface area contributed by atoms with E-state index in [-0.39, 0.29) is 0 Å². The van der Waals surface area contributed by atoms with E-state index in [4.69, 9.17) is 0 Å². The Morgan fingerprint density at radius 1 is 1.57 bits per heavy atom. The first-order chi connectivity index (χ1) is 6.59. The predicted molar refractivity (Wildman–Crippen MR) is 57.1 cm³/mol. The van der Waals surface area contributed by atoms with Gasteiger partial charge in [0, 0.05) is 24.3 Å². The van der Waals surface area contributed by atoms with E-state index >= 15 is 0 Å². The maximum Gasteiger partial charge on any atom is 0.0762 e. The van der Waals surface area contributed by atoms with Gasteiger partial charge >= 0.3 is 0 Å². The summed E-state index contributed by atoms with van der Waals surface area (Å²) >= 11 is 0. The van der Waals surface area contributed by atoms with Crippen molar-refractivity contribution in [3.05, 3.63) is 18.0 Å². The summed E-state index contributed by atoms with van der Waals surface area (Å²) in [7, 11) is 0. The molecule has 1 fully saturated rings. The Labute approximate surface area is 85.5 Å². The molecule has 2 rings (SSSR count). The van der Waals surface area contributed by atoms with Crippen LogP contribution in [0.1, 0.15) is 45.3 Å². The van der Waals surface area contributed by atoms with Crippen molar-refractivity contribution in [2.45, 2.75) is 51.7 Å². The molecule has 0 amide bonds. The molecule has 0 aliphatic heterocycles. The molecule has 78 valence electrons. The second-order valence-corrected chi connectivity index (χ2v) is 4.80. The lowest BCUT2D eigenvalue weighted by Gasteiger charge is -2.09. The van der Waals surface area contributed by atoms with Crippen molar-refractivity contribution >= 4 is 0 Å². The Balaban J connectivity index is 1.90. The summed E-state index contributed by atoms with van der Waals surface area (Å²) in [4.78, 5) is 0. The monoisotopic (exact) mass is 193 g/mol. The van der Waals surface area contributed by atoms with Crippen LogP contribution >= 0.6 is 0 Å². The maximum absolute atomic E-state index is 4.49. The molecule has 0 bridgehead atoms. The first kappa shape index (κ1) is 9.71. The van der Waals surface area contributed by atoms with Crippen molar-refractivity contribution in [3.63, 3.8) is 0 Å². The number of aromatic nitrogens is 2. The maximum atomic E-state index is 4.49. The molecule has 1 N–H and O–H groups in total. The van der Waals surface area contributed by atoms with Crippen molar-refractivity contribution in [3.8, 4) is 0 Å². The fourth-order valence-electron chi connectivity index (χ4n) is 1.43. The molecular formula is C11H19N3. The smallest absolute Gasteiger partial charge is 0.0762 e. The first-order valence-electron chi connectivity index (χ1n) is 5.38. The van der Waals surface area contributed by atoms with Gasteiger partial charge < -0.3 is 5.32 Å². The van der Waals surface area contributed by atoms with E-state index < -0.39 is 0 Å².